The van der Waals surface area contributed by atoms with Gasteiger partial charge in [0.25, 0.3) is 11.2 Å². The van der Waals surface area contributed by atoms with Crippen LogP contribution >= 0.6 is 0 Å². The summed E-state index contributed by atoms with van der Waals surface area (Å²) in [6, 6.07) is 27.7. The molecule has 5 aromatic rings. The molecule has 0 N–H and O–H groups in total. The standard InChI is InChI=1S/C31H27N5O5S/c1-22-11-14-25(15-12-22)42(40,41)34-19-17-33(18-20-34)24-13-16-28(36(38)39)29(21-24)35-31(37)27-10-6-5-9-26(27)30(32-35)23-7-3-2-4-8-23/h2-16,21H,17-20H2,1H3. The van der Waals surface area contributed by atoms with Crippen LogP contribution in [-0.2, 0) is 10.0 Å². The van der Waals surface area contributed by atoms with E-state index >= 15 is 0 Å². The molecule has 42 heavy (non-hydrogen) atoms. The zero-order valence-corrected chi connectivity index (χ0v) is 23.6. The summed E-state index contributed by atoms with van der Waals surface area (Å²) in [6.45, 7) is 3.14. The summed E-state index contributed by atoms with van der Waals surface area (Å²) in [5, 5.41) is 17.8. The van der Waals surface area contributed by atoms with Gasteiger partial charge in [-0.3, -0.25) is 14.9 Å². The number of aromatic nitrogens is 2. The Hall–Kier alpha value is -4.87. The monoisotopic (exact) mass is 581 g/mol. The van der Waals surface area contributed by atoms with Crippen LogP contribution in [0.4, 0.5) is 11.4 Å². The lowest BCUT2D eigenvalue weighted by molar-refractivity contribution is -0.384. The second-order valence-corrected chi connectivity index (χ2v) is 12.0. The fraction of sp³-hybridized carbons (Fsp3) is 0.161. The number of rotatable bonds is 6. The summed E-state index contributed by atoms with van der Waals surface area (Å²) in [6.07, 6.45) is 0. The Bertz CT molecular complexity index is 1970. The number of fused-ring (bicyclic) bond motifs is 1. The third-order valence-corrected chi connectivity index (χ3v) is 9.41. The largest absolute Gasteiger partial charge is 0.369 e. The minimum atomic E-state index is -3.65. The van der Waals surface area contributed by atoms with Crippen LogP contribution in [0.25, 0.3) is 27.7 Å². The van der Waals surface area contributed by atoms with Gasteiger partial charge in [-0.15, -0.1) is 0 Å². The third kappa shape index (κ3) is 4.93. The van der Waals surface area contributed by atoms with Gasteiger partial charge in [-0.2, -0.15) is 14.1 Å². The van der Waals surface area contributed by atoms with Crippen molar-refractivity contribution in [2.75, 3.05) is 31.1 Å². The first-order chi connectivity index (χ1) is 20.2. The molecule has 0 saturated carbocycles. The van der Waals surface area contributed by atoms with E-state index in [0.717, 1.165) is 15.8 Å². The van der Waals surface area contributed by atoms with Gasteiger partial charge in [0.2, 0.25) is 10.0 Å². The van der Waals surface area contributed by atoms with Gasteiger partial charge in [0.15, 0.2) is 0 Å². The Morgan fingerprint density at radius 1 is 0.810 bits per heavy atom. The molecule has 1 saturated heterocycles. The molecule has 4 aromatic carbocycles. The van der Waals surface area contributed by atoms with Crippen LogP contribution < -0.4 is 10.5 Å². The van der Waals surface area contributed by atoms with Gasteiger partial charge in [0, 0.05) is 48.9 Å². The fourth-order valence-corrected chi connectivity index (χ4v) is 6.66. The van der Waals surface area contributed by atoms with E-state index in [2.05, 4.69) is 5.10 Å². The van der Waals surface area contributed by atoms with Gasteiger partial charge in [-0.1, -0.05) is 66.2 Å². The van der Waals surface area contributed by atoms with Crippen molar-refractivity contribution in [2.24, 2.45) is 0 Å². The molecule has 0 unspecified atom stereocenters. The van der Waals surface area contributed by atoms with E-state index in [1.807, 2.05) is 54.3 Å². The van der Waals surface area contributed by atoms with E-state index in [9.17, 15) is 23.3 Å². The SMILES string of the molecule is Cc1ccc(S(=O)(=O)N2CCN(c3ccc([N+](=O)[O-])c(-n4nc(-c5ccccc5)c5ccccc5c4=O)c3)CC2)cc1. The highest BCUT2D eigenvalue weighted by atomic mass is 32.2. The molecule has 1 aliphatic heterocycles. The number of benzene rings is 4. The number of hydrogen-bond donors (Lipinski definition) is 0. The fourth-order valence-electron chi connectivity index (χ4n) is 5.24. The van der Waals surface area contributed by atoms with Crippen molar-refractivity contribution >= 4 is 32.2 Å². The molecule has 1 fully saturated rings. The highest BCUT2D eigenvalue weighted by molar-refractivity contribution is 7.89. The second kappa shape index (κ2) is 10.8. The molecule has 0 bridgehead atoms. The lowest BCUT2D eigenvalue weighted by Gasteiger charge is -2.35. The van der Waals surface area contributed by atoms with E-state index in [1.165, 1.54) is 10.4 Å². The van der Waals surface area contributed by atoms with Gasteiger partial charge >= 0.3 is 0 Å². The molecule has 0 amide bonds. The smallest absolute Gasteiger partial charge is 0.295 e. The van der Waals surface area contributed by atoms with Crippen molar-refractivity contribution in [3.63, 3.8) is 0 Å². The summed E-state index contributed by atoms with van der Waals surface area (Å²) < 4.78 is 28.9. The first-order valence-electron chi connectivity index (χ1n) is 13.4. The summed E-state index contributed by atoms with van der Waals surface area (Å²) in [5.74, 6) is 0. The number of nitro benzene ring substituents is 1. The van der Waals surface area contributed by atoms with Crippen LogP contribution in [0.3, 0.4) is 0 Å². The van der Waals surface area contributed by atoms with E-state index in [0.29, 0.717) is 35.2 Å². The molecule has 6 rings (SSSR count). The number of hydrogen-bond acceptors (Lipinski definition) is 7. The van der Waals surface area contributed by atoms with Crippen molar-refractivity contribution in [3.8, 4) is 16.9 Å². The van der Waals surface area contributed by atoms with Crippen molar-refractivity contribution in [1.29, 1.82) is 0 Å². The first kappa shape index (κ1) is 27.3. The molecule has 2 heterocycles. The number of nitrogens with zero attached hydrogens (tertiary/aromatic N) is 5. The zero-order valence-electron chi connectivity index (χ0n) is 22.8. The van der Waals surface area contributed by atoms with Gasteiger partial charge in [-0.05, 0) is 37.3 Å². The maximum atomic E-state index is 13.7. The average Bonchev–Trinajstić information content (AvgIpc) is 3.02. The van der Waals surface area contributed by atoms with Crippen molar-refractivity contribution in [1.82, 2.24) is 14.1 Å². The molecular formula is C31H27N5O5S. The molecular weight excluding hydrogens is 554 g/mol. The van der Waals surface area contributed by atoms with E-state index in [1.54, 1.807) is 48.5 Å². The zero-order chi connectivity index (χ0) is 29.4. The molecule has 212 valence electrons. The predicted octanol–water partition coefficient (Wildman–Crippen LogP) is 4.78. The van der Waals surface area contributed by atoms with Crippen LogP contribution in [0.1, 0.15) is 5.56 Å². The number of sulfonamides is 1. The van der Waals surface area contributed by atoms with Crippen LogP contribution in [-0.4, -0.2) is 53.6 Å². The number of aryl methyl sites for hydroxylation is 1. The van der Waals surface area contributed by atoms with Crippen LogP contribution in [0.2, 0.25) is 0 Å². The quantitative estimate of drug-likeness (QED) is 0.209. The second-order valence-electron chi connectivity index (χ2n) is 10.1. The lowest BCUT2D eigenvalue weighted by atomic mass is 10.1. The summed E-state index contributed by atoms with van der Waals surface area (Å²) >= 11 is 0. The number of anilines is 1. The molecule has 1 aliphatic rings. The Morgan fingerprint density at radius 2 is 1.45 bits per heavy atom. The van der Waals surface area contributed by atoms with Crippen molar-refractivity contribution < 1.29 is 13.3 Å². The van der Waals surface area contributed by atoms with Gasteiger partial charge in [0.1, 0.15) is 5.69 Å². The highest BCUT2D eigenvalue weighted by Crippen LogP contribution is 2.31. The maximum absolute atomic E-state index is 13.7. The minimum Gasteiger partial charge on any atom is -0.369 e. The van der Waals surface area contributed by atoms with Crippen LogP contribution in [0.5, 0.6) is 0 Å². The normalized spacial score (nSPS) is 14.3. The van der Waals surface area contributed by atoms with Gasteiger partial charge in [-0.25, -0.2) is 8.42 Å². The molecule has 0 spiro atoms. The van der Waals surface area contributed by atoms with Crippen LogP contribution in [0, 0.1) is 17.0 Å². The summed E-state index contributed by atoms with van der Waals surface area (Å²) in [4.78, 5) is 27.4. The summed E-state index contributed by atoms with van der Waals surface area (Å²) in [5.41, 5.74) is 2.21. The van der Waals surface area contributed by atoms with E-state index in [4.69, 9.17) is 0 Å². The van der Waals surface area contributed by atoms with Gasteiger partial charge < -0.3 is 4.90 Å². The molecule has 0 radical (unpaired) electrons. The Morgan fingerprint density at radius 3 is 2.12 bits per heavy atom. The van der Waals surface area contributed by atoms with Gasteiger partial charge in [0.05, 0.1) is 20.9 Å². The van der Waals surface area contributed by atoms with E-state index < -0.39 is 20.5 Å². The number of piperazine rings is 1. The molecule has 0 atom stereocenters. The topological polar surface area (TPSA) is 119 Å². The third-order valence-electron chi connectivity index (χ3n) is 7.50. The van der Waals surface area contributed by atoms with Crippen molar-refractivity contribution in [3.05, 3.63) is 123 Å². The Balaban J connectivity index is 1.38. The maximum Gasteiger partial charge on any atom is 0.295 e. The van der Waals surface area contributed by atoms with Crippen molar-refractivity contribution in [2.45, 2.75) is 11.8 Å². The first-order valence-corrected chi connectivity index (χ1v) is 14.9. The predicted molar refractivity (Wildman–Crippen MR) is 162 cm³/mol. The molecule has 1 aromatic heterocycles. The molecule has 11 heteroatoms. The van der Waals surface area contributed by atoms with Crippen LogP contribution in [0.15, 0.2) is 107 Å². The molecule has 0 aliphatic carbocycles. The van der Waals surface area contributed by atoms with E-state index in [-0.39, 0.29) is 29.4 Å². The molecule has 10 nitrogen and oxygen atoms in total. The minimum absolute atomic E-state index is 0.0418. The average molecular weight is 582 g/mol. The number of nitro groups is 1. The Labute approximate surface area is 242 Å². The lowest BCUT2D eigenvalue weighted by Crippen LogP contribution is -2.48. The highest BCUT2D eigenvalue weighted by Gasteiger charge is 2.30. The Kier molecular flexibility index (Phi) is 7.05. The summed E-state index contributed by atoms with van der Waals surface area (Å²) in [7, 11) is -3.65.